The Kier molecular flexibility index (Phi) is 6.39. The van der Waals surface area contributed by atoms with E-state index in [1.807, 2.05) is 58.0 Å². The summed E-state index contributed by atoms with van der Waals surface area (Å²) in [5, 5.41) is 2.89. The van der Waals surface area contributed by atoms with Crippen molar-refractivity contribution in [3.63, 3.8) is 0 Å². The van der Waals surface area contributed by atoms with Crippen LogP contribution in [0.2, 0.25) is 0 Å². The smallest absolute Gasteiger partial charge is 0.244 e. The molecular weight excluding hydrogens is 328 g/mol. The van der Waals surface area contributed by atoms with Crippen molar-refractivity contribution in [2.24, 2.45) is 0 Å². The Labute approximate surface area is 155 Å². The number of carbonyl (C=O) groups excluding carboxylic acids is 2. The van der Waals surface area contributed by atoms with Gasteiger partial charge >= 0.3 is 0 Å². The van der Waals surface area contributed by atoms with Crippen LogP contribution < -0.4 is 15.0 Å². The molecule has 0 heterocycles. The Hall–Kier alpha value is -2.82. The van der Waals surface area contributed by atoms with Gasteiger partial charge in [0, 0.05) is 12.6 Å². The van der Waals surface area contributed by atoms with Gasteiger partial charge in [-0.15, -0.1) is 0 Å². The summed E-state index contributed by atoms with van der Waals surface area (Å²) in [7, 11) is 0. The summed E-state index contributed by atoms with van der Waals surface area (Å²) in [5.74, 6) is 0.103. The molecule has 0 atom stereocenters. The molecular formula is C21H26N2O3. The van der Waals surface area contributed by atoms with Gasteiger partial charge in [-0.3, -0.25) is 14.5 Å². The molecule has 0 unspecified atom stereocenters. The molecule has 0 spiro atoms. The van der Waals surface area contributed by atoms with Crippen LogP contribution in [-0.2, 0) is 9.59 Å². The largest absolute Gasteiger partial charge is 0.489 e. The fourth-order valence-electron chi connectivity index (χ4n) is 2.62. The standard InChI is InChI=1S/C21H26N2O3/c1-14(2)26-20-12-7-6-11-19(20)23(17(5)24)13-21(25)22-18-10-8-9-15(3)16(18)4/h6-12,14H,13H2,1-5H3,(H,22,25). The van der Waals surface area contributed by atoms with Crippen LogP contribution in [0.1, 0.15) is 31.9 Å². The minimum Gasteiger partial charge on any atom is -0.489 e. The van der Waals surface area contributed by atoms with Crippen molar-refractivity contribution in [3.8, 4) is 5.75 Å². The number of rotatable bonds is 6. The van der Waals surface area contributed by atoms with E-state index in [0.717, 1.165) is 16.8 Å². The average Bonchev–Trinajstić information content (AvgIpc) is 2.57. The molecule has 2 aromatic carbocycles. The molecule has 138 valence electrons. The number of aryl methyl sites for hydroxylation is 1. The lowest BCUT2D eigenvalue weighted by Crippen LogP contribution is -2.37. The van der Waals surface area contributed by atoms with E-state index in [1.165, 1.54) is 11.8 Å². The zero-order valence-corrected chi connectivity index (χ0v) is 16.0. The quantitative estimate of drug-likeness (QED) is 0.850. The van der Waals surface area contributed by atoms with E-state index in [-0.39, 0.29) is 24.5 Å². The molecule has 1 N–H and O–H groups in total. The summed E-state index contributed by atoms with van der Waals surface area (Å²) >= 11 is 0. The zero-order chi connectivity index (χ0) is 19.3. The predicted molar refractivity (Wildman–Crippen MR) is 105 cm³/mol. The van der Waals surface area contributed by atoms with Gasteiger partial charge in [0.05, 0.1) is 11.8 Å². The van der Waals surface area contributed by atoms with Crippen molar-refractivity contribution in [2.75, 3.05) is 16.8 Å². The third-order valence-corrected chi connectivity index (χ3v) is 4.08. The average molecular weight is 354 g/mol. The third kappa shape index (κ3) is 4.85. The second-order valence-electron chi connectivity index (χ2n) is 6.54. The molecule has 0 saturated carbocycles. The molecule has 0 aliphatic carbocycles. The summed E-state index contributed by atoms with van der Waals surface area (Å²) < 4.78 is 5.79. The van der Waals surface area contributed by atoms with E-state index >= 15 is 0 Å². The number of anilines is 2. The van der Waals surface area contributed by atoms with Crippen LogP contribution >= 0.6 is 0 Å². The minimum absolute atomic E-state index is 0.0336. The molecule has 0 saturated heterocycles. The number of hydrogen-bond acceptors (Lipinski definition) is 3. The van der Waals surface area contributed by atoms with Crippen molar-refractivity contribution in [2.45, 2.75) is 40.7 Å². The van der Waals surface area contributed by atoms with Crippen molar-refractivity contribution in [3.05, 3.63) is 53.6 Å². The van der Waals surface area contributed by atoms with Gasteiger partial charge in [-0.1, -0.05) is 24.3 Å². The van der Waals surface area contributed by atoms with Crippen LogP contribution in [0.5, 0.6) is 5.75 Å². The van der Waals surface area contributed by atoms with Crippen LogP contribution in [-0.4, -0.2) is 24.5 Å². The maximum Gasteiger partial charge on any atom is 0.244 e. The van der Waals surface area contributed by atoms with Crippen LogP contribution in [0, 0.1) is 13.8 Å². The lowest BCUT2D eigenvalue weighted by Gasteiger charge is -2.24. The van der Waals surface area contributed by atoms with Gasteiger partial charge in [0.2, 0.25) is 11.8 Å². The van der Waals surface area contributed by atoms with Gasteiger partial charge in [-0.2, -0.15) is 0 Å². The van der Waals surface area contributed by atoms with Gasteiger partial charge in [0.1, 0.15) is 12.3 Å². The Morgan fingerprint density at radius 2 is 1.77 bits per heavy atom. The molecule has 0 aromatic heterocycles. The normalized spacial score (nSPS) is 10.5. The van der Waals surface area contributed by atoms with Gasteiger partial charge in [-0.05, 0) is 57.0 Å². The molecule has 2 amide bonds. The molecule has 0 aliphatic rings. The third-order valence-electron chi connectivity index (χ3n) is 4.08. The van der Waals surface area contributed by atoms with E-state index in [0.29, 0.717) is 11.4 Å². The maximum atomic E-state index is 12.6. The fourth-order valence-corrected chi connectivity index (χ4v) is 2.62. The molecule has 5 heteroatoms. The van der Waals surface area contributed by atoms with Crippen LogP contribution in [0.3, 0.4) is 0 Å². The van der Waals surface area contributed by atoms with Gasteiger partial charge in [0.25, 0.3) is 0 Å². The van der Waals surface area contributed by atoms with Crippen molar-refractivity contribution in [1.82, 2.24) is 0 Å². The van der Waals surface area contributed by atoms with E-state index in [2.05, 4.69) is 5.32 Å². The molecule has 2 rings (SSSR count). The zero-order valence-electron chi connectivity index (χ0n) is 16.0. The molecule has 0 fully saturated rings. The van der Waals surface area contributed by atoms with Gasteiger partial charge < -0.3 is 10.1 Å². The van der Waals surface area contributed by atoms with Gasteiger partial charge in [0.15, 0.2) is 0 Å². The first-order chi connectivity index (χ1) is 12.3. The summed E-state index contributed by atoms with van der Waals surface area (Å²) in [6.07, 6.45) is -0.0336. The van der Waals surface area contributed by atoms with Crippen LogP contribution in [0.4, 0.5) is 11.4 Å². The predicted octanol–water partition coefficient (Wildman–Crippen LogP) is 4.08. The topological polar surface area (TPSA) is 58.6 Å². The first-order valence-electron chi connectivity index (χ1n) is 8.69. The Morgan fingerprint density at radius 3 is 2.42 bits per heavy atom. The van der Waals surface area contributed by atoms with Crippen LogP contribution in [0.25, 0.3) is 0 Å². The number of ether oxygens (including phenoxy) is 1. The van der Waals surface area contributed by atoms with Crippen molar-refractivity contribution in [1.29, 1.82) is 0 Å². The number of amides is 2. The van der Waals surface area contributed by atoms with E-state index in [1.54, 1.807) is 12.1 Å². The Balaban J connectivity index is 2.22. The molecule has 26 heavy (non-hydrogen) atoms. The lowest BCUT2D eigenvalue weighted by atomic mass is 10.1. The summed E-state index contributed by atoms with van der Waals surface area (Å²) in [6.45, 7) is 9.15. The number of carbonyl (C=O) groups is 2. The molecule has 0 aliphatic heterocycles. The van der Waals surface area contributed by atoms with Gasteiger partial charge in [-0.25, -0.2) is 0 Å². The van der Waals surface area contributed by atoms with E-state index < -0.39 is 0 Å². The highest BCUT2D eigenvalue weighted by Gasteiger charge is 2.20. The lowest BCUT2D eigenvalue weighted by molar-refractivity contribution is -0.120. The summed E-state index contributed by atoms with van der Waals surface area (Å²) in [4.78, 5) is 26.2. The fraction of sp³-hybridized carbons (Fsp3) is 0.333. The minimum atomic E-state index is -0.256. The number of nitrogens with one attached hydrogen (secondary N) is 1. The molecule has 0 radical (unpaired) electrons. The highest BCUT2D eigenvalue weighted by Crippen LogP contribution is 2.29. The number of para-hydroxylation sites is 2. The molecule has 2 aromatic rings. The summed E-state index contributed by atoms with van der Waals surface area (Å²) in [5.41, 5.74) is 3.45. The van der Waals surface area contributed by atoms with E-state index in [4.69, 9.17) is 4.74 Å². The Bertz CT molecular complexity index is 800. The molecule has 5 nitrogen and oxygen atoms in total. The van der Waals surface area contributed by atoms with Crippen LogP contribution in [0.15, 0.2) is 42.5 Å². The highest BCUT2D eigenvalue weighted by molar-refractivity contribution is 6.02. The highest BCUT2D eigenvalue weighted by atomic mass is 16.5. The summed E-state index contributed by atoms with van der Waals surface area (Å²) in [6, 6.07) is 13.0. The first kappa shape index (κ1) is 19.5. The number of nitrogens with zero attached hydrogens (tertiary/aromatic N) is 1. The Morgan fingerprint density at radius 1 is 1.08 bits per heavy atom. The first-order valence-corrected chi connectivity index (χ1v) is 8.69. The maximum absolute atomic E-state index is 12.6. The second-order valence-corrected chi connectivity index (χ2v) is 6.54. The van der Waals surface area contributed by atoms with Crippen molar-refractivity contribution >= 4 is 23.2 Å². The second kappa shape index (κ2) is 8.52. The SMILES string of the molecule is CC(=O)N(CC(=O)Nc1cccc(C)c1C)c1ccccc1OC(C)C. The van der Waals surface area contributed by atoms with Crippen molar-refractivity contribution < 1.29 is 14.3 Å². The van der Waals surface area contributed by atoms with E-state index in [9.17, 15) is 9.59 Å². The number of hydrogen-bond donors (Lipinski definition) is 1. The molecule has 0 bridgehead atoms. The number of benzene rings is 2. The monoisotopic (exact) mass is 354 g/mol.